The molecule has 4 saturated carbocycles. The van der Waals surface area contributed by atoms with Crippen molar-refractivity contribution in [3.8, 4) is 0 Å². The molecular weight excluding hydrogens is 486 g/mol. The first-order valence-electron chi connectivity index (χ1n) is 16.1. The minimum atomic E-state index is -1.17. The summed E-state index contributed by atoms with van der Waals surface area (Å²) in [7, 11) is 0. The third-order valence-corrected chi connectivity index (χ3v) is 12.4. The maximum atomic E-state index is 10.4. The summed E-state index contributed by atoms with van der Waals surface area (Å²) >= 11 is 0. The Hall–Kier alpha value is -0.720. The molecule has 39 heavy (non-hydrogen) atoms. The van der Waals surface area contributed by atoms with Crippen molar-refractivity contribution in [3.05, 3.63) is 24.3 Å². The lowest BCUT2D eigenvalue weighted by Gasteiger charge is -2.69. The fourth-order valence-electron chi connectivity index (χ4n) is 10.6. The summed E-state index contributed by atoms with van der Waals surface area (Å²) in [5.41, 5.74) is 8.56. The van der Waals surface area contributed by atoms with E-state index in [9.17, 15) is 5.11 Å². The molecule has 1 aliphatic heterocycles. The molecule has 9 atom stereocenters. The zero-order valence-corrected chi connectivity index (χ0v) is 25.8. The number of fused-ring (bicyclic) bond motifs is 6. The van der Waals surface area contributed by atoms with Gasteiger partial charge in [-0.15, -0.1) is 0 Å². The molecule has 5 aliphatic rings. The van der Waals surface area contributed by atoms with Crippen LogP contribution in [0.5, 0.6) is 0 Å². The molecule has 5 unspecified atom stereocenters. The Morgan fingerprint density at radius 3 is 2.49 bits per heavy atom. The van der Waals surface area contributed by atoms with Crippen molar-refractivity contribution in [2.75, 3.05) is 13.2 Å². The first-order chi connectivity index (χ1) is 18.3. The van der Waals surface area contributed by atoms with Crippen LogP contribution in [-0.2, 0) is 14.2 Å². The van der Waals surface area contributed by atoms with Crippen molar-refractivity contribution in [1.82, 2.24) is 0 Å². The molecule has 5 heteroatoms. The van der Waals surface area contributed by atoms with Crippen LogP contribution in [0.25, 0.3) is 0 Å². The van der Waals surface area contributed by atoms with Crippen molar-refractivity contribution in [2.24, 2.45) is 46.2 Å². The third-order valence-electron chi connectivity index (χ3n) is 12.4. The largest absolute Gasteiger partial charge is 0.366 e. The molecule has 0 aromatic carbocycles. The van der Waals surface area contributed by atoms with Crippen LogP contribution in [0.4, 0.5) is 0 Å². The Kier molecular flexibility index (Phi) is 8.03. The highest BCUT2D eigenvalue weighted by molar-refractivity contribution is 5.23. The van der Waals surface area contributed by atoms with Crippen LogP contribution in [-0.4, -0.2) is 41.5 Å². The molecule has 5 rings (SSSR count). The molecule has 0 aromatic rings. The summed E-state index contributed by atoms with van der Waals surface area (Å²) in [5.74, 6) is 1.20. The van der Waals surface area contributed by atoms with E-state index in [-0.39, 0.29) is 11.5 Å². The van der Waals surface area contributed by atoms with Gasteiger partial charge in [0, 0.05) is 6.42 Å². The van der Waals surface area contributed by atoms with Gasteiger partial charge in [0.2, 0.25) is 0 Å². The van der Waals surface area contributed by atoms with E-state index >= 15 is 0 Å². The van der Waals surface area contributed by atoms with Crippen molar-refractivity contribution in [1.29, 1.82) is 0 Å². The van der Waals surface area contributed by atoms with Crippen LogP contribution in [0.15, 0.2) is 24.3 Å². The number of nitrogens with two attached hydrogens (primary N) is 1. The number of aliphatic hydroxyl groups is 1. The highest BCUT2D eigenvalue weighted by atomic mass is 16.7. The smallest absolute Gasteiger partial charge is 0.187 e. The van der Waals surface area contributed by atoms with Crippen LogP contribution in [0.3, 0.4) is 0 Å². The third kappa shape index (κ3) is 4.90. The molecule has 5 fully saturated rings. The quantitative estimate of drug-likeness (QED) is 0.252. The van der Waals surface area contributed by atoms with Crippen molar-refractivity contribution in [3.63, 3.8) is 0 Å². The van der Waals surface area contributed by atoms with E-state index in [2.05, 4.69) is 46.4 Å². The molecule has 0 amide bonds. The number of hydrogen-bond donors (Lipinski definition) is 2. The average Bonchev–Trinajstić information content (AvgIpc) is 3.45. The molecule has 0 bridgehead atoms. The van der Waals surface area contributed by atoms with Gasteiger partial charge in [-0.25, -0.2) is 0 Å². The summed E-state index contributed by atoms with van der Waals surface area (Å²) in [4.78, 5) is 0. The maximum absolute atomic E-state index is 10.4. The number of allylic oxidation sites excluding steroid dienone is 3. The van der Waals surface area contributed by atoms with Gasteiger partial charge in [-0.3, -0.25) is 0 Å². The van der Waals surface area contributed by atoms with E-state index in [0.29, 0.717) is 54.6 Å². The van der Waals surface area contributed by atoms with Crippen LogP contribution in [0, 0.1) is 40.4 Å². The van der Waals surface area contributed by atoms with Crippen LogP contribution in [0.1, 0.15) is 112 Å². The van der Waals surface area contributed by atoms with Gasteiger partial charge >= 0.3 is 0 Å². The van der Waals surface area contributed by atoms with Gasteiger partial charge < -0.3 is 25.1 Å². The van der Waals surface area contributed by atoms with E-state index < -0.39 is 17.1 Å². The second-order valence-electron chi connectivity index (χ2n) is 15.1. The predicted molar refractivity (Wildman–Crippen MR) is 157 cm³/mol. The van der Waals surface area contributed by atoms with E-state index in [0.717, 1.165) is 32.1 Å². The lowest BCUT2D eigenvalue weighted by Crippen LogP contribution is -2.78. The summed E-state index contributed by atoms with van der Waals surface area (Å²) < 4.78 is 19.3. The molecule has 1 spiro atoms. The summed E-state index contributed by atoms with van der Waals surface area (Å²) in [6, 6.07) is 0. The fraction of sp³-hybridized carbons (Fsp3) is 0.882. The fourth-order valence-corrected chi connectivity index (χ4v) is 10.6. The Labute approximate surface area is 238 Å². The molecule has 1 heterocycles. The van der Waals surface area contributed by atoms with Gasteiger partial charge in [0.25, 0.3) is 0 Å². The number of rotatable bonds is 8. The van der Waals surface area contributed by atoms with Gasteiger partial charge in [-0.05, 0) is 112 Å². The minimum absolute atomic E-state index is 0.0791. The number of ether oxygens (including phenoxy) is 3. The Morgan fingerprint density at radius 2 is 1.82 bits per heavy atom. The van der Waals surface area contributed by atoms with Crippen LogP contribution < -0.4 is 5.73 Å². The van der Waals surface area contributed by atoms with Gasteiger partial charge in [-0.2, -0.15) is 0 Å². The molecule has 4 aliphatic carbocycles. The second-order valence-corrected chi connectivity index (χ2v) is 15.1. The zero-order valence-electron chi connectivity index (χ0n) is 25.8. The summed E-state index contributed by atoms with van der Waals surface area (Å²) in [6.45, 7) is 18.6. The zero-order chi connectivity index (χ0) is 28.3. The van der Waals surface area contributed by atoms with E-state index in [1.54, 1.807) is 13.8 Å². The second kappa shape index (κ2) is 10.5. The SMILES string of the molecule is C=C(C/C=C/[C@@H](C)[C@H]1CCC2C3CC4(OCCO4)C4(N)CC(OC(C)(C)O)CC[C@]4(C)C3CC[C@@]21C)CCC. The number of hydrogen-bond acceptors (Lipinski definition) is 5. The van der Waals surface area contributed by atoms with Crippen molar-refractivity contribution >= 4 is 0 Å². The van der Waals surface area contributed by atoms with Gasteiger partial charge in [0.1, 0.15) is 0 Å². The van der Waals surface area contributed by atoms with Crippen LogP contribution in [0.2, 0.25) is 0 Å². The van der Waals surface area contributed by atoms with Gasteiger partial charge in [-0.1, -0.05) is 58.4 Å². The van der Waals surface area contributed by atoms with E-state index in [1.807, 2.05) is 0 Å². The average molecular weight is 544 g/mol. The maximum Gasteiger partial charge on any atom is 0.187 e. The molecule has 0 aromatic heterocycles. The van der Waals surface area contributed by atoms with Crippen molar-refractivity contribution in [2.45, 2.75) is 135 Å². The Bertz CT molecular complexity index is 934. The Balaban J connectivity index is 1.39. The molecule has 0 radical (unpaired) electrons. The molecule has 1 saturated heterocycles. The monoisotopic (exact) mass is 543 g/mol. The summed E-state index contributed by atoms with van der Waals surface area (Å²) in [6.07, 6.45) is 16.7. The van der Waals surface area contributed by atoms with Gasteiger partial charge in [0.05, 0.1) is 24.9 Å². The lowest BCUT2D eigenvalue weighted by atomic mass is 9.40. The molecule has 3 N–H and O–H groups in total. The first kappa shape index (κ1) is 29.8. The topological polar surface area (TPSA) is 73.9 Å². The standard InChI is InChI=1S/C34H57NO4/c1-8-10-23(2)11-9-12-24(3)27-13-14-28-26-22-34(37-19-20-38-34)33(35)21-25(39-30(4,5)36)15-18-32(33,7)29(26)16-17-31(27,28)6/h9,12,24-29,36H,2,8,10-11,13-22,35H2,1,3-7H3/b12-9+/t24-,25?,26?,27-,28?,29?,31-,32-,33?/m1/s1. The van der Waals surface area contributed by atoms with Crippen molar-refractivity contribution < 1.29 is 19.3 Å². The highest BCUT2D eigenvalue weighted by Gasteiger charge is 2.73. The minimum Gasteiger partial charge on any atom is -0.366 e. The summed E-state index contributed by atoms with van der Waals surface area (Å²) in [5, 5.41) is 10.4. The molecular formula is C34H57NO4. The predicted octanol–water partition coefficient (Wildman–Crippen LogP) is 7.13. The Morgan fingerprint density at radius 1 is 1.10 bits per heavy atom. The normalized spacial score (nSPS) is 44.3. The van der Waals surface area contributed by atoms with E-state index in [4.69, 9.17) is 19.9 Å². The lowest BCUT2D eigenvalue weighted by molar-refractivity contribution is -0.318. The molecule has 5 nitrogen and oxygen atoms in total. The first-order valence-corrected chi connectivity index (χ1v) is 16.1. The van der Waals surface area contributed by atoms with Crippen LogP contribution >= 0.6 is 0 Å². The highest BCUT2D eigenvalue weighted by Crippen LogP contribution is 2.71. The van der Waals surface area contributed by atoms with Gasteiger partial charge in [0.15, 0.2) is 11.6 Å². The molecule has 222 valence electrons. The van der Waals surface area contributed by atoms with E-state index in [1.165, 1.54) is 37.7 Å².